The molecule has 1 aromatic carbocycles. The molecule has 0 saturated carbocycles. The summed E-state index contributed by atoms with van der Waals surface area (Å²) in [5, 5.41) is 10.9. The Labute approximate surface area is 116 Å². The summed E-state index contributed by atoms with van der Waals surface area (Å²) in [6, 6.07) is 3.29. The molecule has 0 unspecified atom stereocenters. The summed E-state index contributed by atoms with van der Waals surface area (Å²) in [5.74, 6) is -0.953. The molecule has 0 atom stereocenters. The Bertz CT molecular complexity index is 493. The maximum Gasteiger partial charge on any atom is 0.320 e. The zero-order valence-corrected chi connectivity index (χ0v) is 11.5. The Kier molecular flexibility index (Phi) is 6.05. The number of nitro benzene ring substituents is 1. The molecule has 7 heteroatoms. The molecule has 0 heterocycles. The molecule has 0 fully saturated rings. The van der Waals surface area contributed by atoms with Crippen LogP contribution in [0.4, 0.5) is 10.1 Å². The number of carbonyl (C=O) groups excluding carboxylic acids is 1. The van der Waals surface area contributed by atoms with Crippen molar-refractivity contribution in [3.8, 4) is 0 Å². The van der Waals surface area contributed by atoms with E-state index in [1.54, 1.807) is 11.8 Å². The Morgan fingerprint density at radius 2 is 2.15 bits per heavy atom. The lowest BCUT2D eigenvalue weighted by atomic mass is 10.1. The molecule has 0 radical (unpaired) electrons. The van der Waals surface area contributed by atoms with Gasteiger partial charge in [-0.1, -0.05) is 6.92 Å². The van der Waals surface area contributed by atoms with Gasteiger partial charge in [-0.15, -0.1) is 0 Å². The molecular weight excluding hydrogens is 267 g/mol. The van der Waals surface area contributed by atoms with E-state index in [4.69, 9.17) is 4.74 Å². The summed E-state index contributed by atoms with van der Waals surface area (Å²) in [6.45, 7) is 4.40. The summed E-state index contributed by atoms with van der Waals surface area (Å²) < 4.78 is 18.0. The van der Waals surface area contributed by atoms with E-state index in [0.29, 0.717) is 6.54 Å². The van der Waals surface area contributed by atoms with Crippen LogP contribution in [0.2, 0.25) is 0 Å². The largest absolute Gasteiger partial charge is 0.465 e. The van der Waals surface area contributed by atoms with E-state index in [1.165, 1.54) is 0 Å². The number of benzene rings is 1. The zero-order valence-electron chi connectivity index (χ0n) is 11.5. The molecule has 0 N–H and O–H groups in total. The third-order valence-corrected chi connectivity index (χ3v) is 2.74. The van der Waals surface area contributed by atoms with Crippen molar-refractivity contribution in [2.45, 2.75) is 20.4 Å². The molecule has 110 valence electrons. The van der Waals surface area contributed by atoms with Gasteiger partial charge in [0.05, 0.1) is 18.1 Å². The van der Waals surface area contributed by atoms with Crippen molar-refractivity contribution >= 4 is 11.7 Å². The summed E-state index contributed by atoms with van der Waals surface area (Å²) in [5.41, 5.74) is 0.0786. The van der Waals surface area contributed by atoms with Crippen molar-refractivity contribution in [1.29, 1.82) is 0 Å². The quantitative estimate of drug-likeness (QED) is 0.435. The van der Waals surface area contributed by atoms with Crippen molar-refractivity contribution in [1.82, 2.24) is 4.90 Å². The molecule has 0 saturated heterocycles. The number of carbonyl (C=O) groups is 1. The van der Waals surface area contributed by atoms with E-state index in [0.717, 1.165) is 18.2 Å². The minimum Gasteiger partial charge on any atom is -0.465 e. The van der Waals surface area contributed by atoms with Crippen LogP contribution < -0.4 is 0 Å². The number of rotatable bonds is 7. The van der Waals surface area contributed by atoms with Gasteiger partial charge in [-0.2, -0.15) is 0 Å². The molecule has 0 aliphatic heterocycles. The van der Waals surface area contributed by atoms with Gasteiger partial charge in [-0.05, 0) is 25.6 Å². The number of nitrogens with zero attached hydrogens (tertiary/aromatic N) is 2. The van der Waals surface area contributed by atoms with Gasteiger partial charge in [0.25, 0.3) is 5.69 Å². The predicted molar refractivity (Wildman–Crippen MR) is 70.6 cm³/mol. The Hall–Kier alpha value is -2.02. The molecule has 0 amide bonds. The van der Waals surface area contributed by atoms with Gasteiger partial charge in [0.1, 0.15) is 5.82 Å². The number of likely N-dealkylation sites (N-methyl/N-ethyl adjacent to an activating group) is 1. The minimum absolute atomic E-state index is 0.0119. The molecule has 0 aliphatic rings. The Balaban J connectivity index is 2.86. The van der Waals surface area contributed by atoms with Crippen LogP contribution in [0.15, 0.2) is 18.2 Å². The molecule has 0 spiro atoms. The van der Waals surface area contributed by atoms with Gasteiger partial charge >= 0.3 is 5.97 Å². The molecule has 0 aliphatic carbocycles. The molecule has 6 nitrogen and oxygen atoms in total. The summed E-state index contributed by atoms with van der Waals surface area (Å²) in [4.78, 5) is 23.4. The van der Waals surface area contributed by atoms with E-state index in [1.807, 2.05) is 6.92 Å². The highest BCUT2D eigenvalue weighted by Crippen LogP contribution is 2.21. The fourth-order valence-corrected chi connectivity index (χ4v) is 1.77. The van der Waals surface area contributed by atoms with Crippen LogP contribution in [0.1, 0.15) is 19.4 Å². The molecule has 20 heavy (non-hydrogen) atoms. The lowest BCUT2D eigenvalue weighted by Gasteiger charge is -2.19. The maximum absolute atomic E-state index is 13.2. The standard InChI is InChI=1S/C13H17FN2O4/c1-3-15(9-13(17)20-4-2)8-10-7-11(14)5-6-12(10)16(18)19/h5-7H,3-4,8-9H2,1-2H3. The molecule has 1 aromatic rings. The number of hydrogen-bond acceptors (Lipinski definition) is 5. The van der Waals surface area contributed by atoms with E-state index in [2.05, 4.69) is 0 Å². The first-order valence-corrected chi connectivity index (χ1v) is 6.28. The van der Waals surface area contributed by atoms with Gasteiger partial charge in [-0.25, -0.2) is 4.39 Å². The van der Waals surface area contributed by atoms with Gasteiger partial charge in [-0.3, -0.25) is 19.8 Å². The lowest BCUT2D eigenvalue weighted by Crippen LogP contribution is -2.30. The van der Waals surface area contributed by atoms with Crippen LogP contribution in [0.25, 0.3) is 0 Å². The van der Waals surface area contributed by atoms with Gasteiger partial charge in [0.2, 0.25) is 0 Å². The minimum atomic E-state index is -0.563. The second kappa shape index (κ2) is 7.54. The van der Waals surface area contributed by atoms with E-state index in [9.17, 15) is 19.3 Å². The average molecular weight is 284 g/mol. The van der Waals surface area contributed by atoms with Crippen molar-refractivity contribution in [2.75, 3.05) is 19.7 Å². The topological polar surface area (TPSA) is 72.7 Å². The van der Waals surface area contributed by atoms with E-state index < -0.39 is 16.7 Å². The van der Waals surface area contributed by atoms with Crippen LogP contribution in [-0.2, 0) is 16.1 Å². The Morgan fingerprint density at radius 3 is 2.70 bits per heavy atom. The van der Waals surface area contributed by atoms with Crippen molar-refractivity contribution in [3.63, 3.8) is 0 Å². The third kappa shape index (κ3) is 4.58. The molecule has 1 rings (SSSR count). The summed E-state index contributed by atoms with van der Waals surface area (Å²) in [6.07, 6.45) is 0. The zero-order chi connectivity index (χ0) is 15.1. The SMILES string of the molecule is CCOC(=O)CN(CC)Cc1cc(F)ccc1[N+](=O)[O-]. The first kappa shape index (κ1) is 16.0. The fraction of sp³-hybridized carbons (Fsp3) is 0.462. The lowest BCUT2D eigenvalue weighted by molar-refractivity contribution is -0.385. The van der Waals surface area contributed by atoms with E-state index >= 15 is 0 Å². The normalized spacial score (nSPS) is 10.6. The molecule has 0 bridgehead atoms. The monoisotopic (exact) mass is 284 g/mol. The fourth-order valence-electron chi connectivity index (χ4n) is 1.77. The smallest absolute Gasteiger partial charge is 0.320 e. The van der Waals surface area contributed by atoms with Crippen LogP contribution in [0.3, 0.4) is 0 Å². The van der Waals surface area contributed by atoms with Crippen LogP contribution in [0.5, 0.6) is 0 Å². The molecular formula is C13H17FN2O4. The van der Waals surface area contributed by atoms with Crippen molar-refractivity contribution in [3.05, 3.63) is 39.7 Å². The molecule has 0 aromatic heterocycles. The first-order valence-electron chi connectivity index (χ1n) is 6.28. The Morgan fingerprint density at radius 1 is 1.45 bits per heavy atom. The van der Waals surface area contributed by atoms with Gasteiger partial charge < -0.3 is 4.74 Å². The second-order valence-corrected chi connectivity index (χ2v) is 4.14. The van der Waals surface area contributed by atoms with Crippen LogP contribution >= 0.6 is 0 Å². The second-order valence-electron chi connectivity index (χ2n) is 4.14. The predicted octanol–water partition coefficient (Wildman–Crippen LogP) is 2.12. The van der Waals surface area contributed by atoms with E-state index in [-0.39, 0.29) is 30.9 Å². The number of ether oxygens (including phenoxy) is 1. The van der Waals surface area contributed by atoms with Crippen molar-refractivity contribution < 1.29 is 18.8 Å². The number of esters is 1. The average Bonchev–Trinajstić information content (AvgIpc) is 2.37. The highest BCUT2D eigenvalue weighted by molar-refractivity contribution is 5.71. The summed E-state index contributed by atoms with van der Waals surface area (Å²) in [7, 11) is 0. The third-order valence-electron chi connectivity index (χ3n) is 2.74. The highest BCUT2D eigenvalue weighted by Gasteiger charge is 2.18. The van der Waals surface area contributed by atoms with Crippen molar-refractivity contribution in [2.24, 2.45) is 0 Å². The number of nitro groups is 1. The number of hydrogen-bond donors (Lipinski definition) is 0. The van der Waals surface area contributed by atoms with Gasteiger partial charge in [0, 0.05) is 18.2 Å². The van der Waals surface area contributed by atoms with Crippen LogP contribution in [-0.4, -0.2) is 35.5 Å². The van der Waals surface area contributed by atoms with Crippen LogP contribution in [0, 0.1) is 15.9 Å². The summed E-state index contributed by atoms with van der Waals surface area (Å²) >= 11 is 0. The highest BCUT2D eigenvalue weighted by atomic mass is 19.1. The first-order chi connectivity index (χ1) is 9.47. The number of halogens is 1. The van der Waals surface area contributed by atoms with Gasteiger partial charge in [0.15, 0.2) is 0 Å². The maximum atomic E-state index is 13.2.